The van der Waals surface area contributed by atoms with Crippen molar-refractivity contribution in [3.63, 3.8) is 0 Å². The van der Waals surface area contributed by atoms with Crippen LogP contribution in [0, 0.1) is 0 Å². The van der Waals surface area contributed by atoms with Crippen LogP contribution >= 0.6 is 23.2 Å². The molecule has 0 aliphatic carbocycles. The van der Waals surface area contributed by atoms with E-state index in [1.165, 1.54) is 11.0 Å². The van der Waals surface area contributed by atoms with Gasteiger partial charge < -0.3 is 14.7 Å². The number of amides is 1. The number of likely N-dealkylation sites (tertiary alicyclic amines) is 1. The molecule has 1 N–H and O–H groups in total. The van der Waals surface area contributed by atoms with Crippen LogP contribution in [-0.4, -0.2) is 28.3 Å². The summed E-state index contributed by atoms with van der Waals surface area (Å²) in [4.78, 5) is 28.1. The van der Waals surface area contributed by atoms with Crippen LogP contribution in [0.25, 0.3) is 5.76 Å². The summed E-state index contributed by atoms with van der Waals surface area (Å²) in [7, 11) is 0. The van der Waals surface area contributed by atoms with E-state index in [1.807, 2.05) is 55.5 Å². The number of carbonyl (C=O) groups is 2. The molecule has 0 aromatic heterocycles. The average molecular weight is 538 g/mol. The maximum atomic E-state index is 13.3. The van der Waals surface area contributed by atoms with E-state index in [9.17, 15) is 14.7 Å². The van der Waals surface area contributed by atoms with E-state index in [4.69, 9.17) is 27.9 Å². The first-order valence-corrected chi connectivity index (χ1v) is 12.8. The molecule has 1 atom stereocenters. The third-order valence-electron chi connectivity index (χ3n) is 6.41. The minimum absolute atomic E-state index is 0.0119. The summed E-state index contributed by atoms with van der Waals surface area (Å²) < 4.78 is 5.52. The fraction of sp³-hybridized carbons (Fsp3) is 0.267. The van der Waals surface area contributed by atoms with Crippen molar-refractivity contribution < 1.29 is 19.4 Å². The lowest BCUT2D eigenvalue weighted by molar-refractivity contribution is -0.140. The summed E-state index contributed by atoms with van der Waals surface area (Å²) in [6.45, 7) is 8.99. The van der Waals surface area contributed by atoms with Crippen molar-refractivity contribution in [1.82, 2.24) is 4.90 Å². The van der Waals surface area contributed by atoms with Gasteiger partial charge in [0.05, 0.1) is 28.3 Å². The van der Waals surface area contributed by atoms with E-state index in [1.54, 1.807) is 12.1 Å². The number of hydrogen-bond acceptors (Lipinski definition) is 4. The van der Waals surface area contributed by atoms with Gasteiger partial charge in [-0.25, -0.2) is 0 Å². The van der Waals surface area contributed by atoms with Crippen LogP contribution < -0.4 is 4.74 Å². The third kappa shape index (κ3) is 5.53. The van der Waals surface area contributed by atoms with Gasteiger partial charge in [-0.15, -0.1) is 0 Å². The summed E-state index contributed by atoms with van der Waals surface area (Å²) in [5.41, 5.74) is 2.92. The van der Waals surface area contributed by atoms with E-state index < -0.39 is 17.7 Å². The highest BCUT2D eigenvalue weighted by Gasteiger charge is 2.46. The smallest absolute Gasteiger partial charge is 0.295 e. The first-order chi connectivity index (χ1) is 17.5. The summed E-state index contributed by atoms with van der Waals surface area (Å²) in [5, 5.41) is 11.8. The van der Waals surface area contributed by atoms with E-state index in [2.05, 4.69) is 20.8 Å². The Morgan fingerprint density at radius 2 is 1.59 bits per heavy atom. The van der Waals surface area contributed by atoms with E-state index in [0.717, 1.165) is 22.4 Å². The molecule has 5 nitrogen and oxygen atoms in total. The van der Waals surface area contributed by atoms with Crippen molar-refractivity contribution in [2.24, 2.45) is 0 Å². The largest absolute Gasteiger partial charge is 0.507 e. The van der Waals surface area contributed by atoms with Crippen LogP contribution in [0.1, 0.15) is 56.0 Å². The second kappa shape index (κ2) is 10.6. The minimum Gasteiger partial charge on any atom is -0.507 e. The van der Waals surface area contributed by atoms with E-state index >= 15 is 0 Å². The van der Waals surface area contributed by atoms with Crippen molar-refractivity contribution in [2.75, 3.05) is 6.61 Å². The second-order valence-corrected chi connectivity index (χ2v) is 10.8. The molecule has 0 spiro atoms. The molecule has 1 amide bonds. The number of ketones is 1. The Balaban J connectivity index is 1.82. The molecule has 7 heteroatoms. The Morgan fingerprint density at radius 1 is 0.946 bits per heavy atom. The van der Waals surface area contributed by atoms with Gasteiger partial charge in [-0.1, -0.05) is 80.4 Å². The SMILES string of the molecule is CCOc1ccc(CN2C(=O)C(=O)/C(=C(\O)c3ccc(Cl)c(Cl)c3)C2c2ccc(C(C)(C)C)cc2)cc1. The fourth-order valence-corrected chi connectivity index (χ4v) is 4.71. The first kappa shape index (κ1) is 26.8. The van der Waals surface area contributed by atoms with Gasteiger partial charge in [-0.05, 0) is 59.4 Å². The van der Waals surface area contributed by atoms with Crippen molar-refractivity contribution in [1.29, 1.82) is 0 Å². The number of aliphatic hydroxyl groups is 1. The van der Waals surface area contributed by atoms with Crippen LogP contribution in [0.2, 0.25) is 10.0 Å². The zero-order valence-corrected chi connectivity index (χ0v) is 22.7. The standard InChI is InChI=1S/C30H29Cl2NO4/c1-5-37-22-13-6-18(7-14-22)17-33-26(19-8-11-21(12-9-19)30(2,3)4)25(28(35)29(33)36)27(34)20-10-15-23(31)24(32)16-20/h6-16,26,34H,5,17H2,1-4H3/b27-25-. The molecule has 1 fully saturated rings. The number of nitrogens with zero attached hydrogens (tertiary/aromatic N) is 1. The molecular formula is C30H29Cl2NO4. The van der Waals surface area contributed by atoms with Crippen LogP contribution in [0.3, 0.4) is 0 Å². The highest BCUT2D eigenvalue weighted by Crippen LogP contribution is 2.41. The van der Waals surface area contributed by atoms with Gasteiger partial charge in [-0.2, -0.15) is 0 Å². The molecule has 0 radical (unpaired) electrons. The number of halogens is 2. The molecule has 1 heterocycles. The van der Waals surface area contributed by atoms with Crippen molar-refractivity contribution in [3.05, 3.63) is 105 Å². The van der Waals surface area contributed by atoms with Crippen molar-refractivity contribution >= 4 is 40.7 Å². The van der Waals surface area contributed by atoms with Gasteiger partial charge >= 0.3 is 0 Å². The van der Waals surface area contributed by atoms with Crippen LogP contribution in [0.15, 0.2) is 72.3 Å². The number of hydrogen-bond donors (Lipinski definition) is 1. The predicted octanol–water partition coefficient (Wildman–Crippen LogP) is 7.31. The van der Waals surface area contributed by atoms with Gasteiger partial charge in [-0.3, -0.25) is 9.59 Å². The maximum absolute atomic E-state index is 13.3. The molecule has 1 aliphatic heterocycles. The van der Waals surface area contributed by atoms with Gasteiger partial charge in [0.1, 0.15) is 11.5 Å². The third-order valence-corrected chi connectivity index (χ3v) is 7.15. The maximum Gasteiger partial charge on any atom is 0.295 e. The van der Waals surface area contributed by atoms with Gasteiger partial charge in [0.15, 0.2) is 0 Å². The molecule has 3 aromatic carbocycles. The van der Waals surface area contributed by atoms with Gasteiger partial charge in [0.2, 0.25) is 0 Å². The van der Waals surface area contributed by atoms with Crippen LogP contribution in [-0.2, 0) is 21.5 Å². The summed E-state index contributed by atoms with van der Waals surface area (Å²) in [5.74, 6) is -1.00. The molecular weight excluding hydrogens is 509 g/mol. The number of rotatable bonds is 6. The topological polar surface area (TPSA) is 66.8 Å². The lowest BCUT2D eigenvalue weighted by Crippen LogP contribution is -2.29. The number of benzene rings is 3. The number of Topliss-reactive ketones (excluding diaryl/α,β-unsaturated/α-hetero) is 1. The Labute approximate surface area is 227 Å². The number of carbonyl (C=O) groups excluding carboxylic acids is 2. The Kier molecular flexibility index (Phi) is 7.67. The normalized spacial score (nSPS) is 17.4. The van der Waals surface area contributed by atoms with Crippen molar-refractivity contribution in [3.8, 4) is 5.75 Å². The molecule has 1 saturated heterocycles. The molecule has 37 heavy (non-hydrogen) atoms. The van der Waals surface area contributed by atoms with Gasteiger partial charge in [0, 0.05) is 12.1 Å². The zero-order chi connectivity index (χ0) is 26.9. The summed E-state index contributed by atoms with van der Waals surface area (Å²) >= 11 is 12.2. The monoisotopic (exact) mass is 537 g/mol. The Bertz CT molecular complexity index is 1360. The predicted molar refractivity (Wildman–Crippen MR) is 147 cm³/mol. The van der Waals surface area contributed by atoms with E-state index in [-0.39, 0.29) is 28.3 Å². The zero-order valence-electron chi connectivity index (χ0n) is 21.2. The minimum atomic E-state index is -0.782. The second-order valence-electron chi connectivity index (χ2n) is 10.0. The molecule has 0 bridgehead atoms. The van der Waals surface area contributed by atoms with Crippen LogP contribution in [0.4, 0.5) is 0 Å². The Hall–Kier alpha value is -3.28. The molecule has 1 unspecified atom stereocenters. The van der Waals surface area contributed by atoms with E-state index in [0.29, 0.717) is 17.2 Å². The van der Waals surface area contributed by atoms with Gasteiger partial charge in [0.25, 0.3) is 11.7 Å². The lowest BCUT2D eigenvalue weighted by Gasteiger charge is -2.26. The fourth-order valence-electron chi connectivity index (χ4n) is 4.41. The number of aliphatic hydroxyl groups excluding tert-OH is 1. The molecule has 1 aliphatic rings. The lowest BCUT2D eigenvalue weighted by atomic mass is 9.85. The highest BCUT2D eigenvalue weighted by molar-refractivity contribution is 6.46. The quantitative estimate of drug-likeness (QED) is 0.203. The number of ether oxygens (including phenoxy) is 1. The van der Waals surface area contributed by atoms with Crippen LogP contribution in [0.5, 0.6) is 5.75 Å². The molecule has 4 rings (SSSR count). The highest BCUT2D eigenvalue weighted by atomic mass is 35.5. The average Bonchev–Trinajstić information content (AvgIpc) is 3.11. The summed E-state index contributed by atoms with van der Waals surface area (Å²) in [6, 6.07) is 19.0. The first-order valence-electron chi connectivity index (χ1n) is 12.1. The Morgan fingerprint density at radius 3 is 2.16 bits per heavy atom. The molecule has 3 aromatic rings. The van der Waals surface area contributed by atoms with Crippen molar-refractivity contribution in [2.45, 2.75) is 45.7 Å². The summed E-state index contributed by atoms with van der Waals surface area (Å²) in [6.07, 6.45) is 0. The molecule has 192 valence electrons. The molecule has 0 saturated carbocycles.